The highest BCUT2D eigenvalue weighted by Gasteiger charge is 2.30. The summed E-state index contributed by atoms with van der Waals surface area (Å²) in [4.78, 5) is 10.9. The van der Waals surface area contributed by atoms with Crippen LogP contribution in [0.5, 0.6) is 0 Å². The Labute approximate surface area is 114 Å². The van der Waals surface area contributed by atoms with Gasteiger partial charge in [0.2, 0.25) is 0 Å². The molecule has 0 bridgehead atoms. The fraction of sp³-hybridized carbons (Fsp3) is 0.250. The molecule has 0 unspecified atom stereocenters. The van der Waals surface area contributed by atoms with E-state index in [2.05, 4.69) is 4.74 Å². The van der Waals surface area contributed by atoms with E-state index in [1.54, 1.807) is 0 Å². The number of rotatable bonds is 3. The van der Waals surface area contributed by atoms with Crippen LogP contribution in [0.25, 0.3) is 5.76 Å². The van der Waals surface area contributed by atoms with Crippen molar-refractivity contribution < 1.29 is 41.0 Å². The van der Waals surface area contributed by atoms with Crippen LogP contribution in [0.4, 0.5) is 26.3 Å². The summed E-state index contributed by atoms with van der Waals surface area (Å²) in [6.07, 6.45) is -9.09. The monoisotopic (exact) mass is 313 g/mol. The van der Waals surface area contributed by atoms with Crippen molar-refractivity contribution in [1.29, 1.82) is 0 Å². The third-order valence-electron chi connectivity index (χ3n) is 2.12. The van der Waals surface area contributed by atoms with Gasteiger partial charge in [-0.2, -0.15) is 26.3 Å². The van der Waals surface area contributed by atoms with E-state index >= 15 is 0 Å². The van der Waals surface area contributed by atoms with E-state index in [4.69, 9.17) is 0 Å². The van der Waals surface area contributed by atoms with Crippen LogP contribution in [0, 0.1) is 0 Å². The van der Waals surface area contributed by atoms with Crippen LogP contribution in [-0.4, -0.2) is 18.8 Å². The summed E-state index contributed by atoms with van der Waals surface area (Å²) < 4.78 is 75.8. The molecule has 0 N–H and O–H groups in total. The third kappa shape index (κ3) is 5.76. The van der Waals surface area contributed by atoms with Gasteiger partial charge in [-0.3, -0.25) is 0 Å². The minimum Gasteiger partial charge on any atom is -0.872 e. The van der Waals surface area contributed by atoms with Crippen molar-refractivity contribution in [3.63, 3.8) is 0 Å². The molecule has 0 aliphatic carbocycles. The van der Waals surface area contributed by atoms with E-state index in [0.717, 1.165) is 12.1 Å². The fourth-order valence-corrected chi connectivity index (χ4v) is 1.21. The van der Waals surface area contributed by atoms with Gasteiger partial charge in [0.05, 0.1) is 5.56 Å². The number of esters is 1. The highest BCUT2D eigenvalue weighted by atomic mass is 19.4. The molecule has 0 aromatic heterocycles. The number of hydrogen-bond acceptors (Lipinski definition) is 3. The van der Waals surface area contributed by atoms with Crippen molar-refractivity contribution >= 4 is 11.7 Å². The first kappa shape index (κ1) is 16.9. The molecule has 0 saturated carbocycles. The van der Waals surface area contributed by atoms with Gasteiger partial charge >= 0.3 is 18.3 Å². The lowest BCUT2D eigenvalue weighted by Gasteiger charge is -2.14. The van der Waals surface area contributed by atoms with Crippen molar-refractivity contribution in [3.8, 4) is 0 Å². The van der Waals surface area contributed by atoms with Crippen LogP contribution in [0.15, 0.2) is 30.3 Å². The zero-order chi connectivity index (χ0) is 16.3. The molecule has 0 spiro atoms. The Morgan fingerprint density at radius 2 is 1.62 bits per heavy atom. The standard InChI is InChI=1S/C12H8F6O3/c13-11(14,15)6-21-10(20)5-9(19)7-1-3-8(4-2-7)12(16,17)18/h1-5,19H,6H2/p-1/b9-5-. The Kier molecular flexibility index (Phi) is 4.87. The normalized spacial score (nSPS) is 13.1. The van der Waals surface area contributed by atoms with Crippen molar-refractivity contribution in [2.75, 3.05) is 6.61 Å². The summed E-state index contributed by atoms with van der Waals surface area (Å²) in [6, 6.07) is 2.83. The Balaban J connectivity index is 2.76. The van der Waals surface area contributed by atoms with Crippen LogP contribution >= 0.6 is 0 Å². The van der Waals surface area contributed by atoms with Gasteiger partial charge in [0.25, 0.3) is 0 Å². The van der Waals surface area contributed by atoms with Crippen molar-refractivity contribution in [1.82, 2.24) is 0 Å². The molecule has 1 aromatic carbocycles. The predicted octanol–water partition coefficient (Wildman–Crippen LogP) is 2.51. The Morgan fingerprint density at radius 3 is 2.05 bits per heavy atom. The maximum absolute atomic E-state index is 12.3. The lowest BCUT2D eigenvalue weighted by atomic mass is 10.1. The number of carbonyl (C=O) groups excluding carboxylic acids is 1. The van der Waals surface area contributed by atoms with Crippen LogP contribution in [0.2, 0.25) is 0 Å². The Bertz CT molecular complexity index is 527. The molecule has 0 aliphatic heterocycles. The van der Waals surface area contributed by atoms with Crippen LogP contribution in [0.3, 0.4) is 0 Å². The topological polar surface area (TPSA) is 49.4 Å². The van der Waals surface area contributed by atoms with Gasteiger partial charge in [0.1, 0.15) is 0 Å². The largest absolute Gasteiger partial charge is 0.872 e. The molecule has 3 nitrogen and oxygen atoms in total. The van der Waals surface area contributed by atoms with Crippen molar-refractivity contribution in [2.24, 2.45) is 0 Å². The van der Waals surface area contributed by atoms with Gasteiger partial charge in [-0.1, -0.05) is 17.9 Å². The second-order valence-electron chi connectivity index (χ2n) is 3.81. The quantitative estimate of drug-likeness (QED) is 0.373. The molecule has 0 radical (unpaired) electrons. The van der Waals surface area contributed by atoms with Crippen LogP contribution in [0.1, 0.15) is 11.1 Å². The number of ether oxygens (including phenoxy) is 1. The number of hydrogen-bond donors (Lipinski definition) is 0. The Morgan fingerprint density at radius 1 is 1.10 bits per heavy atom. The number of benzene rings is 1. The first-order valence-corrected chi connectivity index (χ1v) is 5.29. The lowest BCUT2D eigenvalue weighted by Crippen LogP contribution is -2.20. The van der Waals surface area contributed by atoms with Gasteiger partial charge < -0.3 is 9.84 Å². The maximum atomic E-state index is 12.3. The van der Waals surface area contributed by atoms with Gasteiger partial charge in [-0.25, -0.2) is 4.79 Å². The molecule has 9 heteroatoms. The second-order valence-corrected chi connectivity index (χ2v) is 3.81. The highest BCUT2D eigenvalue weighted by Crippen LogP contribution is 2.29. The highest BCUT2D eigenvalue weighted by molar-refractivity contribution is 5.89. The van der Waals surface area contributed by atoms with Gasteiger partial charge in [-0.15, -0.1) is 0 Å². The Hall–Kier alpha value is -2.19. The lowest BCUT2D eigenvalue weighted by molar-refractivity contribution is -0.244. The number of carbonyl (C=O) groups is 1. The first-order chi connectivity index (χ1) is 9.49. The van der Waals surface area contributed by atoms with E-state index in [0.29, 0.717) is 12.1 Å². The molecule has 1 rings (SSSR count). The van der Waals surface area contributed by atoms with E-state index in [1.807, 2.05) is 0 Å². The third-order valence-corrected chi connectivity index (χ3v) is 2.12. The van der Waals surface area contributed by atoms with Crippen molar-refractivity contribution in [2.45, 2.75) is 12.4 Å². The van der Waals surface area contributed by atoms with Gasteiger partial charge in [-0.05, 0) is 17.7 Å². The smallest absolute Gasteiger partial charge is 0.422 e. The van der Waals surface area contributed by atoms with Gasteiger partial charge in [0.15, 0.2) is 6.61 Å². The second kappa shape index (κ2) is 6.06. The molecular weight excluding hydrogens is 306 g/mol. The zero-order valence-electron chi connectivity index (χ0n) is 10.1. The summed E-state index contributed by atoms with van der Waals surface area (Å²) in [5.41, 5.74) is -1.29. The van der Waals surface area contributed by atoms with Gasteiger partial charge in [0, 0.05) is 6.08 Å². The molecule has 0 saturated heterocycles. The van der Waals surface area contributed by atoms with E-state index in [1.165, 1.54) is 0 Å². The zero-order valence-corrected chi connectivity index (χ0v) is 10.1. The predicted molar refractivity (Wildman–Crippen MR) is 56.4 cm³/mol. The summed E-state index contributed by atoms with van der Waals surface area (Å²) >= 11 is 0. The molecule has 0 fully saturated rings. The molecular formula is C12H7F6O3-. The fourth-order valence-electron chi connectivity index (χ4n) is 1.21. The molecule has 21 heavy (non-hydrogen) atoms. The van der Waals surface area contributed by atoms with E-state index < -0.39 is 36.3 Å². The van der Waals surface area contributed by atoms with Crippen molar-refractivity contribution in [3.05, 3.63) is 41.5 Å². The average Bonchev–Trinajstić information content (AvgIpc) is 2.34. The summed E-state index contributed by atoms with van der Waals surface area (Å²) in [5.74, 6) is -2.59. The van der Waals surface area contributed by atoms with E-state index in [-0.39, 0.29) is 11.6 Å². The first-order valence-electron chi connectivity index (χ1n) is 5.29. The van der Waals surface area contributed by atoms with Crippen LogP contribution in [-0.2, 0) is 15.7 Å². The molecule has 0 heterocycles. The molecule has 0 amide bonds. The summed E-state index contributed by atoms with van der Waals surface area (Å²) in [5, 5.41) is 11.4. The molecule has 0 atom stereocenters. The molecule has 0 aliphatic rings. The van der Waals surface area contributed by atoms with Crippen LogP contribution < -0.4 is 5.11 Å². The summed E-state index contributed by atoms with van der Waals surface area (Å²) in [7, 11) is 0. The minimum absolute atomic E-state index is 0.230. The summed E-state index contributed by atoms with van der Waals surface area (Å²) in [6.45, 7) is -1.86. The molecule has 1 aromatic rings. The van der Waals surface area contributed by atoms with E-state index in [9.17, 15) is 36.2 Å². The SMILES string of the molecule is O=C(/C=C(\[O-])c1ccc(C(F)(F)F)cc1)OCC(F)(F)F. The molecule has 116 valence electrons. The maximum Gasteiger partial charge on any atom is 0.422 e. The number of halogens is 6. The number of alkyl halides is 6. The minimum atomic E-state index is -4.74. The average molecular weight is 313 g/mol.